The summed E-state index contributed by atoms with van der Waals surface area (Å²) >= 11 is 0. The Morgan fingerprint density at radius 3 is 2.22 bits per heavy atom. The van der Waals surface area contributed by atoms with Crippen LogP contribution in [-0.4, -0.2) is 15.0 Å². The molecule has 0 unspecified atom stereocenters. The minimum absolute atomic E-state index is 0.177. The molecule has 0 aliphatic carbocycles. The Morgan fingerprint density at radius 1 is 1.06 bits per heavy atom. The Hall–Kier alpha value is -1.27. The van der Waals surface area contributed by atoms with Gasteiger partial charge in [-0.25, -0.2) is 0 Å². The van der Waals surface area contributed by atoms with E-state index < -0.39 is 10.3 Å². The van der Waals surface area contributed by atoms with Crippen molar-refractivity contribution in [2.75, 3.05) is 6.61 Å². The number of ether oxygens (including phenoxy) is 1. The summed E-state index contributed by atoms with van der Waals surface area (Å²) in [7, 11) is -3.96. The van der Waals surface area contributed by atoms with Crippen LogP contribution >= 0.6 is 0 Å². The minimum atomic E-state index is -3.96. The van der Waals surface area contributed by atoms with Crippen LogP contribution in [-0.2, 0) is 10.3 Å². The highest BCUT2D eigenvalue weighted by molar-refractivity contribution is 7.84. The van der Waals surface area contributed by atoms with Gasteiger partial charge in [0.1, 0.15) is 11.5 Å². The van der Waals surface area contributed by atoms with Crippen molar-refractivity contribution in [2.45, 2.75) is 32.6 Å². The Balaban J connectivity index is 2.36. The lowest BCUT2D eigenvalue weighted by Gasteiger charge is -2.07. The fourth-order valence-electron chi connectivity index (χ4n) is 1.44. The third-order valence-electron chi connectivity index (χ3n) is 2.30. The molecule has 0 aliphatic rings. The Labute approximate surface area is 108 Å². The summed E-state index contributed by atoms with van der Waals surface area (Å²) in [6, 6.07) is 6.32. The standard InChI is InChI=1S/C12H19NO4S/c1-2-3-4-5-10-16-11-6-8-12(9-7-11)17-18(13,14)15/h6-9H,2-5,10H2,1H3,(H2,13,14,15). The molecule has 0 heterocycles. The van der Waals surface area contributed by atoms with Gasteiger partial charge in [-0.2, -0.15) is 13.6 Å². The molecule has 0 saturated heterocycles. The fraction of sp³-hybridized carbons (Fsp3) is 0.500. The molecule has 0 spiro atoms. The topological polar surface area (TPSA) is 78.6 Å². The largest absolute Gasteiger partial charge is 0.494 e. The SMILES string of the molecule is CCCCCCOc1ccc(OS(N)(=O)=O)cc1. The van der Waals surface area contributed by atoms with Gasteiger partial charge in [-0.15, -0.1) is 0 Å². The van der Waals surface area contributed by atoms with Crippen molar-refractivity contribution < 1.29 is 17.3 Å². The molecule has 18 heavy (non-hydrogen) atoms. The van der Waals surface area contributed by atoms with Gasteiger partial charge in [-0.3, -0.25) is 0 Å². The molecule has 6 heteroatoms. The van der Waals surface area contributed by atoms with E-state index in [4.69, 9.17) is 9.88 Å². The van der Waals surface area contributed by atoms with Crippen LogP contribution in [0.2, 0.25) is 0 Å². The van der Waals surface area contributed by atoms with E-state index in [0.29, 0.717) is 12.4 Å². The molecule has 0 amide bonds. The van der Waals surface area contributed by atoms with Gasteiger partial charge in [0.05, 0.1) is 6.61 Å². The van der Waals surface area contributed by atoms with E-state index in [9.17, 15) is 8.42 Å². The highest BCUT2D eigenvalue weighted by atomic mass is 32.2. The maximum absolute atomic E-state index is 10.7. The fourth-order valence-corrected chi connectivity index (χ4v) is 1.82. The second kappa shape index (κ2) is 7.23. The molecule has 0 fully saturated rings. The molecule has 102 valence electrons. The summed E-state index contributed by atoms with van der Waals surface area (Å²) in [5, 5.41) is 4.75. The van der Waals surface area contributed by atoms with Crippen molar-refractivity contribution in [1.82, 2.24) is 0 Å². The van der Waals surface area contributed by atoms with E-state index in [2.05, 4.69) is 11.1 Å². The van der Waals surface area contributed by atoms with E-state index >= 15 is 0 Å². The maximum atomic E-state index is 10.7. The number of rotatable bonds is 8. The Kier molecular flexibility index (Phi) is 5.94. The Morgan fingerprint density at radius 2 is 1.67 bits per heavy atom. The van der Waals surface area contributed by atoms with Gasteiger partial charge >= 0.3 is 10.3 Å². The van der Waals surface area contributed by atoms with Crippen molar-refractivity contribution in [3.8, 4) is 11.5 Å². The van der Waals surface area contributed by atoms with Crippen LogP contribution in [0.5, 0.6) is 11.5 Å². The number of nitrogens with two attached hydrogens (primary N) is 1. The van der Waals surface area contributed by atoms with Crippen LogP contribution in [0.1, 0.15) is 32.6 Å². The Bertz CT molecular complexity index is 442. The first kappa shape index (κ1) is 14.8. The maximum Gasteiger partial charge on any atom is 0.380 e. The van der Waals surface area contributed by atoms with Gasteiger partial charge < -0.3 is 8.92 Å². The third-order valence-corrected chi connectivity index (χ3v) is 2.73. The highest BCUT2D eigenvalue weighted by Crippen LogP contribution is 2.18. The first-order valence-corrected chi connectivity index (χ1v) is 7.43. The van der Waals surface area contributed by atoms with Crippen molar-refractivity contribution in [3.63, 3.8) is 0 Å². The summed E-state index contributed by atoms with van der Waals surface area (Å²) in [6.07, 6.45) is 4.58. The molecule has 1 rings (SSSR count). The molecule has 5 nitrogen and oxygen atoms in total. The predicted molar refractivity (Wildman–Crippen MR) is 69.8 cm³/mol. The minimum Gasteiger partial charge on any atom is -0.494 e. The first-order chi connectivity index (χ1) is 8.51. The van der Waals surface area contributed by atoms with E-state index in [0.717, 1.165) is 12.8 Å². The van der Waals surface area contributed by atoms with Crippen molar-refractivity contribution >= 4 is 10.3 Å². The average molecular weight is 273 g/mol. The number of benzene rings is 1. The third kappa shape index (κ3) is 6.46. The van der Waals surface area contributed by atoms with E-state index in [1.54, 1.807) is 12.1 Å². The van der Waals surface area contributed by atoms with Crippen LogP contribution in [0.3, 0.4) is 0 Å². The summed E-state index contributed by atoms with van der Waals surface area (Å²) < 4.78 is 31.4. The van der Waals surface area contributed by atoms with E-state index in [-0.39, 0.29) is 5.75 Å². The van der Waals surface area contributed by atoms with Gasteiger partial charge in [0.15, 0.2) is 0 Å². The van der Waals surface area contributed by atoms with E-state index in [1.807, 2.05) is 0 Å². The number of unbranched alkanes of at least 4 members (excludes halogenated alkanes) is 3. The van der Waals surface area contributed by atoms with Crippen LogP contribution < -0.4 is 14.1 Å². The van der Waals surface area contributed by atoms with Gasteiger partial charge in [-0.1, -0.05) is 26.2 Å². The lowest BCUT2D eigenvalue weighted by Crippen LogP contribution is -2.18. The van der Waals surface area contributed by atoms with Crippen LogP contribution in [0.25, 0.3) is 0 Å². The second-order valence-corrected chi connectivity index (χ2v) is 5.11. The normalized spacial score (nSPS) is 11.2. The molecule has 0 atom stereocenters. The van der Waals surface area contributed by atoms with Gasteiger partial charge in [-0.05, 0) is 30.7 Å². The molecule has 2 N–H and O–H groups in total. The van der Waals surface area contributed by atoms with E-state index in [1.165, 1.54) is 25.0 Å². The zero-order chi connectivity index (χ0) is 13.4. The molecule has 1 aromatic rings. The lowest BCUT2D eigenvalue weighted by molar-refractivity contribution is 0.305. The average Bonchev–Trinajstić information content (AvgIpc) is 2.29. The molecule has 1 aromatic carbocycles. The second-order valence-electron chi connectivity index (χ2n) is 3.96. The van der Waals surface area contributed by atoms with Gasteiger partial charge in [0, 0.05) is 0 Å². The first-order valence-electron chi connectivity index (χ1n) is 5.96. The number of hydrogen-bond acceptors (Lipinski definition) is 4. The van der Waals surface area contributed by atoms with Crippen molar-refractivity contribution in [3.05, 3.63) is 24.3 Å². The molecule has 0 radical (unpaired) electrons. The van der Waals surface area contributed by atoms with Crippen molar-refractivity contribution in [2.24, 2.45) is 5.14 Å². The lowest BCUT2D eigenvalue weighted by atomic mass is 10.2. The molecule has 0 saturated carbocycles. The summed E-state index contributed by atoms with van der Waals surface area (Å²) in [5.74, 6) is 0.865. The zero-order valence-corrected chi connectivity index (χ0v) is 11.3. The zero-order valence-electron chi connectivity index (χ0n) is 10.5. The smallest absolute Gasteiger partial charge is 0.380 e. The highest BCUT2D eigenvalue weighted by Gasteiger charge is 2.04. The summed E-state index contributed by atoms with van der Waals surface area (Å²) in [5.41, 5.74) is 0. The summed E-state index contributed by atoms with van der Waals surface area (Å²) in [6.45, 7) is 2.82. The van der Waals surface area contributed by atoms with Crippen LogP contribution in [0, 0.1) is 0 Å². The molecule has 0 bridgehead atoms. The molecule has 0 aromatic heterocycles. The number of hydrogen-bond donors (Lipinski definition) is 1. The van der Waals surface area contributed by atoms with Crippen LogP contribution in [0.4, 0.5) is 0 Å². The van der Waals surface area contributed by atoms with Gasteiger partial charge in [0.2, 0.25) is 0 Å². The molecule has 0 aliphatic heterocycles. The molecular formula is C12H19NO4S. The van der Waals surface area contributed by atoms with Crippen molar-refractivity contribution in [1.29, 1.82) is 0 Å². The van der Waals surface area contributed by atoms with Crippen LogP contribution in [0.15, 0.2) is 24.3 Å². The van der Waals surface area contributed by atoms with Gasteiger partial charge in [0.25, 0.3) is 0 Å². The quantitative estimate of drug-likeness (QED) is 0.737. The monoisotopic (exact) mass is 273 g/mol. The summed E-state index contributed by atoms with van der Waals surface area (Å²) in [4.78, 5) is 0. The predicted octanol–water partition coefficient (Wildman–Crippen LogP) is 2.23. The molecular weight excluding hydrogens is 254 g/mol.